The fourth-order valence-corrected chi connectivity index (χ4v) is 3.80. The summed E-state index contributed by atoms with van der Waals surface area (Å²) in [5.41, 5.74) is 4.65. The number of aryl methyl sites for hydroxylation is 3. The highest BCUT2D eigenvalue weighted by molar-refractivity contribution is 6.00. The van der Waals surface area contributed by atoms with Crippen LogP contribution in [0, 0.1) is 12.8 Å². The van der Waals surface area contributed by atoms with Gasteiger partial charge in [0.15, 0.2) is 6.61 Å². The molecule has 2 aromatic carbocycles. The van der Waals surface area contributed by atoms with E-state index in [0.717, 1.165) is 40.9 Å². The van der Waals surface area contributed by atoms with Gasteiger partial charge in [0.05, 0.1) is 5.92 Å². The number of esters is 1. The number of rotatable bonds is 7. The zero-order valence-corrected chi connectivity index (χ0v) is 17.7. The molecule has 0 unspecified atom stereocenters. The quantitative estimate of drug-likeness (QED) is 0.710. The SMILES string of the molecule is CCc1ccccc1N1C[C@@H](C(=O)OCC(=O)Nc2c(C)cccc2CC)CC1=O. The Labute approximate surface area is 177 Å². The molecular weight excluding hydrogens is 380 g/mol. The zero-order chi connectivity index (χ0) is 21.7. The molecule has 0 aliphatic carbocycles. The summed E-state index contributed by atoms with van der Waals surface area (Å²) in [5, 5.41) is 2.84. The third-order valence-electron chi connectivity index (χ3n) is 5.47. The molecule has 0 aromatic heterocycles. The predicted molar refractivity (Wildman–Crippen MR) is 116 cm³/mol. The van der Waals surface area contributed by atoms with Crippen molar-refractivity contribution in [3.63, 3.8) is 0 Å². The van der Waals surface area contributed by atoms with Gasteiger partial charge in [0.2, 0.25) is 5.91 Å². The van der Waals surface area contributed by atoms with E-state index in [1.165, 1.54) is 0 Å². The number of anilines is 2. The first kappa shape index (κ1) is 21.6. The van der Waals surface area contributed by atoms with E-state index in [4.69, 9.17) is 4.74 Å². The van der Waals surface area contributed by atoms with Gasteiger partial charge in [0.1, 0.15) is 0 Å². The molecule has 2 aromatic rings. The van der Waals surface area contributed by atoms with Crippen molar-refractivity contribution < 1.29 is 19.1 Å². The van der Waals surface area contributed by atoms with E-state index in [0.29, 0.717) is 0 Å². The van der Waals surface area contributed by atoms with Crippen LogP contribution < -0.4 is 10.2 Å². The molecule has 158 valence electrons. The monoisotopic (exact) mass is 408 g/mol. The summed E-state index contributed by atoms with van der Waals surface area (Å²) in [7, 11) is 0. The Morgan fingerprint density at radius 1 is 1.07 bits per heavy atom. The molecule has 0 bridgehead atoms. The minimum absolute atomic E-state index is 0.0935. The molecule has 0 radical (unpaired) electrons. The van der Waals surface area contributed by atoms with Crippen LogP contribution in [0.15, 0.2) is 42.5 Å². The first-order chi connectivity index (χ1) is 14.4. The van der Waals surface area contributed by atoms with Gasteiger partial charge < -0.3 is 15.0 Å². The van der Waals surface area contributed by atoms with Crippen molar-refractivity contribution in [3.8, 4) is 0 Å². The van der Waals surface area contributed by atoms with Crippen LogP contribution in [-0.2, 0) is 32.0 Å². The molecule has 1 heterocycles. The van der Waals surface area contributed by atoms with Gasteiger partial charge in [-0.2, -0.15) is 0 Å². The van der Waals surface area contributed by atoms with Crippen molar-refractivity contribution >= 4 is 29.2 Å². The second-order valence-corrected chi connectivity index (χ2v) is 7.51. The molecule has 6 heteroatoms. The first-order valence-corrected chi connectivity index (χ1v) is 10.4. The van der Waals surface area contributed by atoms with E-state index in [1.54, 1.807) is 4.90 Å². The normalized spacial score (nSPS) is 15.9. The minimum atomic E-state index is -0.570. The maximum Gasteiger partial charge on any atom is 0.311 e. The van der Waals surface area contributed by atoms with Crippen molar-refractivity contribution in [2.24, 2.45) is 5.92 Å². The van der Waals surface area contributed by atoms with E-state index < -0.39 is 11.9 Å². The Morgan fingerprint density at radius 3 is 2.50 bits per heavy atom. The second-order valence-electron chi connectivity index (χ2n) is 7.51. The lowest BCUT2D eigenvalue weighted by atomic mass is 10.1. The molecule has 0 spiro atoms. The van der Waals surface area contributed by atoms with Gasteiger partial charge in [-0.25, -0.2) is 0 Å². The molecule has 1 aliphatic rings. The highest BCUT2D eigenvalue weighted by atomic mass is 16.5. The average molecular weight is 408 g/mol. The molecule has 1 N–H and O–H groups in total. The summed E-state index contributed by atoms with van der Waals surface area (Å²) in [5.74, 6) is -1.57. The Hall–Kier alpha value is -3.15. The zero-order valence-electron chi connectivity index (χ0n) is 17.7. The third kappa shape index (κ3) is 4.70. The third-order valence-corrected chi connectivity index (χ3v) is 5.47. The van der Waals surface area contributed by atoms with Crippen LogP contribution in [0.25, 0.3) is 0 Å². The van der Waals surface area contributed by atoms with Gasteiger partial charge in [-0.15, -0.1) is 0 Å². The number of nitrogens with zero attached hydrogens (tertiary/aromatic N) is 1. The number of benzene rings is 2. The molecule has 1 saturated heterocycles. The van der Waals surface area contributed by atoms with Crippen LogP contribution in [0.1, 0.15) is 37.0 Å². The van der Waals surface area contributed by atoms with Crippen LogP contribution in [0.4, 0.5) is 11.4 Å². The number of carbonyl (C=O) groups is 3. The van der Waals surface area contributed by atoms with Crippen LogP contribution in [0.3, 0.4) is 0 Å². The Balaban J connectivity index is 1.58. The molecule has 0 saturated carbocycles. The van der Waals surface area contributed by atoms with Gasteiger partial charge in [-0.05, 0) is 42.5 Å². The van der Waals surface area contributed by atoms with Crippen LogP contribution in [-0.4, -0.2) is 30.9 Å². The maximum absolute atomic E-state index is 12.5. The van der Waals surface area contributed by atoms with E-state index in [-0.39, 0.29) is 31.4 Å². The molecule has 30 heavy (non-hydrogen) atoms. The standard InChI is InChI=1S/C24H28N2O4/c1-4-17-10-6-7-12-20(17)26-14-19(13-22(26)28)24(29)30-15-21(27)25-23-16(3)9-8-11-18(23)5-2/h6-12,19H,4-5,13-15H2,1-3H3,(H,25,27)/t19-/m0/s1. The number of ether oxygens (including phenoxy) is 1. The van der Waals surface area contributed by atoms with E-state index in [1.807, 2.05) is 63.2 Å². The van der Waals surface area contributed by atoms with Crippen LogP contribution >= 0.6 is 0 Å². The fraction of sp³-hybridized carbons (Fsp3) is 0.375. The van der Waals surface area contributed by atoms with Crippen molar-refractivity contribution in [2.45, 2.75) is 40.0 Å². The summed E-state index contributed by atoms with van der Waals surface area (Å²) < 4.78 is 5.23. The Bertz CT molecular complexity index is 954. The van der Waals surface area contributed by atoms with E-state index in [9.17, 15) is 14.4 Å². The largest absolute Gasteiger partial charge is 0.455 e. The predicted octanol–water partition coefficient (Wildman–Crippen LogP) is 3.65. The summed E-state index contributed by atoms with van der Waals surface area (Å²) >= 11 is 0. The number of hydrogen-bond acceptors (Lipinski definition) is 4. The molecular formula is C24H28N2O4. The van der Waals surface area contributed by atoms with Gasteiger partial charge in [0, 0.05) is 24.3 Å². The smallest absolute Gasteiger partial charge is 0.311 e. The van der Waals surface area contributed by atoms with Crippen molar-refractivity contribution in [1.29, 1.82) is 0 Å². The van der Waals surface area contributed by atoms with E-state index >= 15 is 0 Å². The summed E-state index contributed by atoms with van der Waals surface area (Å²) in [6.45, 7) is 5.88. The van der Waals surface area contributed by atoms with Crippen molar-refractivity contribution in [2.75, 3.05) is 23.4 Å². The first-order valence-electron chi connectivity index (χ1n) is 10.4. The molecule has 3 rings (SSSR count). The highest BCUT2D eigenvalue weighted by Gasteiger charge is 2.37. The summed E-state index contributed by atoms with van der Waals surface area (Å²) in [6.07, 6.45) is 1.68. The number of amides is 2. The average Bonchev–Trinajstić information content (AvgIpc) is 3.14. The van der Waals surface area contributed by atoms with Crippen LogP contribution in [0.5, 0.6) is 0 Å². The summed E-state index contributed by atoms with van der Waals surface area (Å²) in [6, 6.07) is 13.5. The lowest BCUT2D eigenvalue weighted by Crippen LogP contribution is -2.29. The molecule has 6 nitrogen and oxygen atoms in total. The van der Waals surface area contributed by atoms with Gasteiger partial charge in [-0.1, -0.05) is 50.2 Å². The van der Waals surface area contributed by atoms with Crippen molar-refractivity contribution in [1.82, 2.24) is 0 Å². The van der Waals surface area contributed by atoms with Gasteiger partial charge in [-0.3, -0.25) is 14.4 Å². The fourth-order valence-electron chi connectivity index (χ4n) is 3.80. The maximum atomic E-state index is 12.5. The van der Waals surface area contributed by atoms with Crippen molar-refractivity contribution in [3.05, 3.63) is 59.2 Å². The number of carbonyl (C=O) groups excluding carboxylic acids is 3. The lowest BCUT2D eigenvalue weighted by Gasteiger charge is -2.19. The van der Waals surface area contributed by atoms with E-state index in [2.05, 4.69) is 5.32 Å². The van der Waals surface area contributed by atoms with Gasteiger partial charge >= 0.3 is 5.97 Å². The Kier molecular flexibility index (Phi) is 6.87. The molecule has 1 atom stereocenters. The number of nitrogens with one attached hydrogen (secondary N) is 1. The molecule has 1 fully saturated rings. The second kappa shape index (κ2) is 9.57. The number of para-hydroxylation sites is 2. The lowest BCUT2D eigenvalue weighted by molar-refractivity contribution is -0.151. The number of hydrogen-bond donors (Lipinski definition) is 1. The Morgan fingerprint density at radius 2 is 1.77 bits per heavy atom. The topological polar surface area (TPSA) is 75.7 Å². The highest BCUT2D eigenvalue weighted by Crippen LogP contribution is 2.29. The van der Waals surface area contributed by atoms with Gasteiger partial charge in [0.25, 0.3) is 5.91 Å². The minimum Gasteiger partial charge on any atom is -0.455 e. The molecule has 1 aliphatic heterocycles. The summed E-state index contributed by atoms with van der Waals surface area (Å²) in [4.78, 5) is 38.9. The molecule has 2 amide bonds. The van der Waals surface area contributed by atoms with Crippen LogP contribution in [0.2, 0.25) is 0 Å².